The Bertz CT molecular complexity index is 1090. The van der Waals surface area contributed by atoms with Gasteiger partial charge >= 0.3 is 5.97 Å². The Morgan fingerprint density at radius 1 is 1.36 bits per heavy atom. The Labute approximate surface area is 141 Å². The van der Waals surface area contributed by atoms with Crippen LogP contribution in [0.4, 0.5) is 10.1 Å². The lowest BCUT2D eigenvalue weighted by Crippen LogP contribution is -2.24. The Balaban J connectivity index is 2.13. The molecule has 0 unspecified atom stereocenters. The molecule has 4 rings (SSSR count). The number of halogens is 1. The van der Waals surface area contributed by atoms with Crippen molar-refractivity contribution in [3.63, 3.8) is 0 Å². The fraction of sp³-hybridized carbons (Fsp3) is 0.222. The average Bonchev–Trinajstić information content (AvgIpc) is 3.30. The van der Waals surface area contributed by atoms with E-state index in [9.17, 15) is 19.1 Å². The summed E-state index contributed by atoms with van der Waals surface area (Å²) in [6.45, 7) is 1.73. The summed E-state index contributed by atoms with van der Waals surface area (Å²) in [6.07, 6.45) is 6.17. The molecule has 0 saturated heterocycles. The van der Waals surface area contributed by atoms with Gasteiger partial charge in [-0.2, -0.15) is 0 Å². The van der Waals surface area contributed by atoms with Crippen LogP contribution in [0.25, 0.3) is 11.2 Å². The van der Waals surface area contributed by atoms with Crippen LogP contribution >= 0.6 is 0 Å². The van der Waals surface area contributed by atoms with Crippen molar-refractivity contribution in [3.05, 3.63) is 63.6 Å². The van der Waals surface area contributed by atoms with Crippen LogP contribution in [-0.2, 0) is 0 Å². The number of fused-ring (bicyclic) bond motifs is 1. The van der Waals surface area contributed by atoms with Gasteiger partial charge in [-0.05, 0) is 43.4 Å². The lowest BCUT2D eigenvalue weighted by atomic mass is 10.0. The Hall–Kier alpha value is -3.09. The number of aromatic nitrogens is 2. The van der Waals surface area contributed by atoms with Gasteiger partial charge in [0.05, 0.1) is 17.4 Å². The minimum absolute atomic E-state index is 0.195. The second-order valence-corrected chi connectivity index (χ2v) is 6.42. The topological polar surface area (TPSA) is 89.7 Å². The minimum atomic E-state index is -1.30. The molecule has 1 fully saturated rings. The summed E-state index contributed by atoms with van der Waals surface area (Å²) in [7, 11) is 0. The van der Waals surface area contributed by atoms with Crippen LogP contribution in [0.15, 0.2) is 35.5 Å². The summed E-state index contributed by atoms with van der Waals surface area (Å²) in [5.41, 5.74) is 7.39. The molecular formula is C18H16FN3O3. The first-order valence-corrected chi connectivity index (χ1v) is 7.94. The summed E-state index contributed by atoms with van der Waals surface area (Å²) < 4.78 is 17.5. The van der Waals surface area contributed by atoms with E-state index in [1.807, 2.05) is 0 Å². The fourth-order valence-corrected chi connectivity index (χ4v) is 3.37. The van der Waals surface area contributed by atoms with Crippen LogP contribution in [-0.4, -0.2) is 20.0 Å². The van der Waals surface area contributed by atoms with Gasteiger partial charge in [0.1, 0.15) is 5.56 Å². The predicted octanol–water partition coefficient (Wildman–Crippen LogP) is 2.70. The number of hydrogen-bond acceptors (Lipinski definition) is 3. The first-order valence-electron chi connectivity index (χ1n) is 7.94. The molecule has 3 aromatic heterocycles. The highest BCUT2D eigenvalue weighted by Crippen LogP contribution is 2.43. The van der Waals surface area contributed by atoms with Crippen molar-refractivity contribution in [1.82, 2.24) is 8.97 Å². The second kappa shape index (κ2) is 5.20. The van der Waals surface area contributed by atoms with Crippen LogP contribution < -0.4 is 11.3 Å². The molecule has 0 bridgehead atoms. The number of hydrogen-bond donors (Lipinski definition) is 2. The van der Waals surface area contributed by atoms with Crippen LogP contribution in [0.1, 0.15) is 40.2 Å². The number of nitrogen functional groups attached to an aromatic ring is 1. The van der Waals surface area contributed by atoms with Gasteiger partial charge in [-0.3, -0.25) is 9.20 Å². The van der Waals surface area contributed by atoms with Crippen molar-refractivity contribution < 1.29 is 14.3 Å². The molecule has 25 heavy (non-hydrogen) atoms. The van der Waals surface area contributed by atoms with E-state index >= 15 is 0 Å². The zero-order valence-corrected chi connectivity index (χ0v) is 13.5. The molecule has 0 aliphatic heterocycles. The smallest absolute Gasteiger partial charge is 0.341 e. The summed E-state index contributed by atoms with van der Waals surface area (Å²) in [4.78, 5) is 23.9. The molecule has 1 aliphatic carbocycles. The lowest BCUT2D eigenvalue weighted by Gasteiger charge is -2.16. The first kappa shape index (κ1) is 15.4. The molecule has 0 aromatic carbocycles. The number of carboxylic acids is 1. The van der Waals surface area contributed by atoms with Crippen molar-refractivity contribution in [2.45, 2.75) is 25.7 Å². The van der Waals surface area contributed by atoms with Crippen molar-refractivity contribution >= 4 is 17.2 Å². The van der Waals surface area contributed by atoms with Gasteiger partial charge in [0, 0.05) is 23.6 Å². The number of pyridine rings is 2. The molecule has 7 heteroatoms. The third-order valence-electron chi connectivity index (χ3n) is 4.66. The molecule has 1 aliphatic rings. The molecule has 3 heterocycles. The number of rotatable bonds is 3. The number of nitrogens with two attached hydrogens (primary N) is 1. The number of carboxylic acid groups (broad SMARTS) is 1. The first-order chi connectivity index (χ1) is 11.9. The van der Waals surface area contributed by atoms with E-state index in [1.54, 1.807) is 30.0 Å². The standard InChI is InChI=1S/C18H16FN3O3/c1-9-15-12(10-2-3-10)6-13(18(24)25)17(23)22(15)8-14(19)16(9)21-5-4-11(20)7-21/h4-8,10H,2-3,20H2,1H3,(H,24,25). The van der Waals surface area contributed by atoms with Gasteiger partial charge in [0.25, 0.3) is 5.56 Å². The third-order valence-corrected chi connectivity index (χ3v) is 4.66. The molecule has 3 aromatic rings. The summed E-state index contributed by atoms with van der Waals surface area (Å²) >= 11 is 0. The van der Waals surface area contributed by atoms with Gasteiger partial charge < -0.3 is 15.4 Å². The highest BCUT2D eigenvalue weighted by atomic mass is 19.1. The van der Waals surface area contributed by atoms with Gasteiger partial charge in [-0.1, -0.05) is 0 Å². The van der Waals surface area contributed by atoms with Gasteiger partial charge in [0.2, 0.25) is 0 Å². The molecule has 1 saturated carbocycles. The van der Waals surface area contributed by atoms with Crippen molar-refractivity contribution in [2.75, 3.05) is 5.73 Å². The predicted molar refractivity (Wildman–Crippen MR) is 91.0 cm³/mol. The Morgan fingerprint density at radius 3 is 2.64 bits per heavy atom. The van der Waals surface area contributed by atoms with E-state index < -0.39 is 17.3 Å². The number of aryl methyl sites for hydroxylation is 1. The largest absolute Gasteiger partial charge is 0.477 e. The average molecular weight is 341 g/mol. The normalized spacial score (nSPS) is 14.2. The van der Waals surface area contributed by atoms with Crippen LogP contribution in [0, 0.1) is 12.7 Å². The van der Waals surface area contributed by atoms with Crippen molar-refractivity contribution in [1.29, 1.82) is 0 Å². The van der Waals surface area contributed by atoms with Gasteiger partial charge in [0.15, 0.2) is 5.82 Å². The van der Waals surface area contributed by atoms with Crippen molar-refractivity contribution in [2.24, 2.45) is 0 Å². The zero-order chi connectivity index (χ0) is 17.9. The molecular weight excluding hydrogens is 325 g/mol. The molecule has 0 atom stereocenters. The lowest BCUT2D eigenvalue weighted by molar-refractivity contribution is 0.0694. The van der Waals surface area contributed by atoms with E-state index in [0.29, 0.717) is 22.5 Å². The maximum atomic E-state index is 14.8. The zero-order valence-electron chi connectivity index (χ0n) is 13.5. The van der Waals surface area contributed by atoms with Gasteiger partial charge in [-0.25, -0.2) is 9.18 Å². The van der Waals surface area contributed by atoms with E-state index in [0.717, 1.165) is 29.0 Å². The Morgan fingerprint density at radius 2 is 2.08 bits per heavy atom. The molecule has 0 spiro atoms. The van der Waals surface area contributed by atoms with E-state index in [-0.39, 0.29) is 11.5 Å². The molecule has 6 nitrogen and oxygen atoms in total. The third kappa shape index (κ3) is 2.31. The minimum Gasteiger partial charge on any atom is -0.477 e. The van der Waals surface area contributed by atoms with E-state index in [2.05, 4.69) is 0 Å². The quantitative estimate of drug-likeness (QED) is 0.766. The number of carbonyl (C=O) groups is 1. The monoisotopic (exact) mass is 341 g/mol. The van der Waals surface area contributed by atoms with Crippen LogP contribution in [0.2, 0.25) is 0 Å². The number of nitrogens with zero attached hydrogens (tertiary/aromatic N) is 2. The molecule has 0 radical (unpaired) electrons. The molecule has 3 N–H and O–H groups in total. The summed E-state index contributed by atoms with van der Waals surface area (Å²) in [6, 6.07) is 3.10. The summed E-state index contributed by atoms with van der Waals surface area (Å²) in [5.74, 6) is -1.73. The maximum Gasteiger partial charge on any atom is 0.341 e. The fourth-order valence-electron chi connectivity index (χ4n) is 3.37. The maximum absolute atomic E-state index is 14.8. The van der Waals surface area contributed by atoms with Gasteiger partial charge in [-0.15, -0.1) is 0 Å². The highest BCUT2D eigenvalue weighted by molar-refractivity contribution is 5.89. The molecule has 128 valence electrons. The van der Waals surface area contributed by atoms with Crippen LogP contribution in [0.5, 0.6) is 0 Å². The SMILES string of the molecule is Cc1c(-n2ccc(N)c2)c(F)cn2c(=O)c(C(=O)O)cc(C3CC3)c12. The Kier molecular flexibility index (Phi) is 3.21. The molecule has 0 amide bonds. The number of anilines is 1. The highest BCUT2D eigenvalue weighted by Gasteiger charge is 2.30. The van der Waals surface area contributed by atoms with Crippen LogP contribution in [0.3, 0.4) is 0 Å². The summed E-state index contributed by atoms with van der Waals surface area (Å²) in [5, 5.41) is 9.30. The van der Waals surface area contributed by atoms with E-state index in [4.69, 9.17) is 5.73 Å². The second-order valence-electron chi connectivity index (χ2n) is 6.42. The number of aromatic carboxylic acids is 1. The van der Waals surface area contributed by atoms with E-state index in [1.165, 1.54) is 6.07 Å². The van der Waals surface area contributed by atoms with Crippen molar-refractivity contribution in [3.8, 4) is 5.69 Å².